The molecular weight excluding hydrogens is 420 g/mol. The number of rotatable bonds is 8. The first-order valence-electron chi connectivity index (χ1n) is 10.1. The minimum atomic E-state index is -0.756. The van der Waals surface area contributed by atoms with Gasteiger partial charge in [0.1, 0.15) is 22.9 Å². The fraction of sp³-hybridized carbons (Fsp3) is 0.0800. The van der Waals surface area contributed by atoms with Gasteiger partial charge in [0.15, 0.2) is 12.5 Å². The van der Waals surface area contributed by atoms with Crippen molar-refractivity contribution in [2.75, 3.05) is 19.2 Å². The maximum Gasteiger partial charge on any atom is 0.252 e. The summed E-state index contributed by atoms with van der Waals surface area (Å²) in [4.78, 5) is 11.8. The number of nitrogens with zero attached hydrogens (tertiary/aromatic N) is 2. The van der Waals surface area contributed by atoms with Gasteiger partial charge in [0.25, 0.3) is 5.91 Å². The largest absolute Gasteiger partial charge is 0.505 e. The Morgan fingerprint density at radius 1 is 1.00 bits per heavy atom. The van der Waals surface area contributed by atoms with Gasteiger partial charge in [-0.1, -0.05) is 42.5 Å². The van der Waals surface area contributed by atoms with E-state index in [1.807, 2.05) is 36.4 Å². The van der Waals surface area contributed by atoms with E-state index in [1.165, 1.54) is 13.2 Å². The average Bonchev–Trinajstić information content (AvgIpc) is 2.84. The number of amides is 1. The van der Waals surface area contributed by atoms with Crippen molar-refractivity contribution in [3.05, 3.63) is 84.4 Å². The van der Waals surface area contributed by atoms with Crippen molar-refractivity contribution >= 4 is 33.7 Å². The van der Waals surface area contributed by atoms with E-state index >= 15 is 0 Å². The summed E-state index contributed by atoms with van der Waals surface area (Å²) in [6.07, 6.45) is 0. The van der Waals surface area contributed by atoms with Gasteiger partial charge in [-0.05, 0) is 35.7 Å². The van der Waals surface area contributed by atoms with Gasteiger partial charge in [-0.2, -0.15) is 0 Å². The normalized spacial score (nSPS) is 10.9. The van der Waals surface area contributed by atoms with E-state index in [9.17, 15) is 9.90 Å². The van der Waals surface area contributed by atoms with Gasteiger partial charge in [0.2, 0.25) is 0 Å². The number of methoxy groups -OCH3 is 1. The first-order valence-corrected chi connectivity index (χ1v) is 10.1. The Labute approximate surface area is 190 Å². The monoisotopic (exact) mass is 442 g/mol. The van der Waals surface area contributed by atoms with Crippen LogP contribution in [0.5, 0.6) is 17.2 Å². The third-order valence-electron chi connectivity index (χ3n) is 4.96. The highest BCUT2D eigenvalue weighted by atomic mass is 16.5. The number of hydrogen-bond acceptors (Lipinski definition) is 7. The van der Waals surface area contributed by atoms with Crippen molar-refractivity contribution in [2.45, 2.75) is 0 Å². The molecule has 0 saturated carbocycles. The minimum Gasteiger partial charge on any atom is -0.505 e. The van der Waals surface area contributed by atoms with E-state index in [-0.39, 0.29) is 23.7 Å². The van der Waals surface area contributed by atoms with Gasteiger partial charge in [0.05, 0.1) is 12.7 Å². The van der Waals surface area contributed by atoms with Crippen LogP contribution >= 0.6 is 0 Å². The number of carbonyl (C=O) groups is 1. The molecule has 8 nitrogen and oxygen atoms in total. The lowest BCUT2D eigenvalue weighted by Crippen LogP contribution is -2.11. The lowest BCUT2D eigenvalue weighted by molar-refractivity contribution is 0.0998. The van der Waals surface area contributed by atoms with Crippen LogP contribution < -0.4 is 20.5 Å². The number of nitrogens with two attached hydrogens (primary N) is 1. The van der Waals surface area contributed by atoms with Crippen molar-refractivity contribution in [1.29, 1.82) is 0 Å². The van der Waals surface area contributed by atoms with E-state index in [0.29, 0.717) is 28.0 Å². The number of benzene rings is 4. The van der Waals surface area contributed by atoms with Gasteiger partial charge in [-0.15, -0.1) is 10.2 Å². The number of fused-ring (bicyclic) bond motifs is 1. The van der Waals surface area contributed by atoms with Crippen molar-refractivity contribution in [3.8, 4) is 17.2 Å². The van der Waals surface area contributed by atoms with Gasteiger partial charge >= 0.3 is 0 Å². The zero-order valence-corrected chi connectivity index (χ0v) is 17.9. The molecule has 0 radical (unpaired) electrons. The Kier molecular flexibility index (Phi) is 6.36. The van der Waals surface area contributed by atoms with Crippen molar-refractivity contribution in [1.82, 2.24) is 0 Å². The molecule has 0 fully saturated rings. The number of nitrogens with one attached hydrogen (secondary N) is 1. The van der Waals surface area contributed by atoms with E-state index in [4.69, 9.17) is 15.2 Å². The fourth-order valence-electron chi connectivity index (χ4n) is 3.31. The number of phenols is 1. The van der Waals surface area contributed by atoms with Crippen LogP contribution in [-0.4, -0.2) is 24.9 Å². The van der Waals surface area contributed by atoms with Crippen LogP contribution in [0.25, 0.3) is 10.8 Å². The van der Waals surface area contributed by atoms with Gasteiger partial charge < -0.3 is 25.6 Å². The second-order valence-electron chi connectivity index (χ2n) is 7.07. The zero-order chi connectivity index (χ0) is 23.2. The second kappa shape index (κ2) is 9.69. The summed E-state index contributed by atoms with van der Waals surface area (Å²) in [6, 6.07) is 23.5. The molecule has 33 heavy (non-hydrogen) atoms. The molecule has 4 rings (SSSR count). The molecule has 4 N–H and O–H groups in total. The van der Waals surface area contributed by atoms with Gasteiger partial charge in [0, 0.05) is 17.1 Å². The van der Waals surface area contributed by atoms with Gasteiger partial charge in [-0.25, -0.2) is 0 Å². The first-order chi connectivity index (χ1) is 16.1. The molecule has 0 saturated heterocycles. The topological polar surface area (TPSA) is 119 Å². The number of carbonyl (C=O) groups excluding carboxylic acids is 1. The first kappa shape index (κ1) is 21.6. The molecule has 166 valence electrons. The molecule has 0 bridgehead atoms. The van der Waals surface area contributed by atoms with Crippen molar-refractivity contribution in [3.63, 3.8) is 0 Å². The van der Waals surface area contributed by atoms with Crippen LogP contribution in [0, 0.1) is 0 Å². The number of aromatic hydroxyl groups is 1. The number of primary amides is 1. The van der Waals surface area contributed by atoms with E-state index in [1.54, 1.807) is 36.4 Å². The molecule has 0 spiro atoms. The number of azo groups is 1. The summed E-state index contributed by atoms with van der Waals surface area (Å²) in [5.41, 5.74) is 6.86. The van der Waals surface area contributed by atoms with Crippen molar-refractivity contribution in [2.24, 2.45) is 16.0 Å². The van der Waals surface area contributed by atoms with Crippen molar-refractivity contribution < 1.29 is 19.4 Å². The van der Waals surface area contributed by atoms with Gasteiger partial charge in [-0.3, -0.25) is 4.79 Å². The Hall–Kier alpha value is -4.59. The average molecular weight is 442 g/mol. The summed E-state index contributed by atoms with van der Waals surface area (Å²) >= 11 is 0. The Balaban J connectivity index is 1.63. The molecular formula is C25H22N4O4. The SMILES string of the molecule is COc1ccc(OCNc2ccccc2)cc1N=Nc1c(O)c(C(N)=O)cc2ccccc12. The fourth-order valence-corrected chi connectivity index (χ4v) is 3.31. The molecule has 0 aliphatic heterocycles. The number of para-hydroxylation sites is 1. The molecule has 4 aromatic rings. The molecule has 0 atom stereocenters. The molecule has 0 aliphatic rings. The molecule has 8 heteroatoms. The molecule has 0 aliphatic carbocycles. The van der Waals surface area contributed by atoms with E-state index in [0.717, 1.165) is 5.69 Å². The standard InChI is InChI=1S/C25H22N4O4/c1-32-22-12-11-18(33-15-27-17-8-3-2-4-9-17)14-21(22)28-29-23-19-10-6-5-7-16(19)13-20(24(23)30)25(26)31/h2-14,27,30H,15H2,1H3,(H2,26,31). The van der Waals surface area contributed by atoms with Crippen LogP contribution in [-0.2, 0) is 0 Å². The summed E-state index contributed by atoms with van der Waals surface area (Å²) in [5.74, 6) is -0.0675. The summed E-state index contributed by atoms with van der Waals surface area (Å²) < 4.78 is 11.1. The van der Waals surface area contributed by atoms with Crippen LogP contribution in [0.4, 0.5) is 17.1 Å². The highest BCUT2D eigenvalue weighted by Crippen LogP contribution is 2.40. The highest BCUT2D eigenvalue weighted by molar-refractivity contribution is 6.06. The number of anilines is 1. The third kappa shape index (κ3) is 4.85. The molecule has 1 amide bonds. The quantitative estimate of drug-likeness (QED) is 0.245. The number of ether oxygens (including phenoxy) is 2. The molecule has 0 aromatic heterocycles. The second-order valence-corrected chi connectivity index (χ2v) is 7.07. The zero-order valence-electron chi connectivity index (χ0n) is 17.9. The predicted octanol–water partition coefficient (Wildman–Crippen LogP) is 5.52. The Morgan fingerprint density at radius 2 is 1.76 bits per heavy atom. The van der Waals surface area contributed by atoms with Crippen LogP contribution in [0.2, 0.25) is 0 Å². The molecule has 4 aromatic carbocycles. The smallest absolute Gasteiger partial charge is 0.252 e. The highest BCUT2D eigenvalue weighted by Gasteiger charge is 2.16. The lowest BCUT2D eigenvalue weighted by Gasteiger charge is -2.11. The van der Waals surface area contributed by atoms with Crippen LogP contribution in [0.15, 0.2) is 89.1 Å². The van der Waals surface area contributed by atoms with E-state index < -0.39 is 5.91 Å². The summed E-state index contributed by atoms with van der Waals surface area (Å²) in [6.45, 7) is 0.249. The van der Waals surface area contributed by atoms with E-state index in [2.05, 4.69) is 15.5 Å². The van der Waals surface area contributed by atoms with Crippen LogP contribution in [0.3, 0.4) is 0 Å². The van der Waals surface area contributed by atoms with Crippen LogP contribution in [0.1, 0.15) is 10.4 Å². The maximum atomic E-state index is 11.8. The predicted molar refractivity (Wildman–Crippen MR) is 127 cm³/mol. The number of hydrogen-bond donors (Lipinski definition) is 3. The summed E-state index contributed by atoms with van der Waals surface area (Å²) in [7, 11) is 1.52. The minimum absolute atomic E-state index is 0.0290. The third-order valence-corrected chi connectivity index (χ3v) is 4.96. The lowest BCUT2D eigenvalue weighted by atomic mass is 10.0. The molecule has 0 unspecified atom stereocenters. The maximum absolute atomic E-state index is 11.8. The Bertz CT molecular complexity index is 1320. The summed E-state index contributed by atoms with van der Waals surface area (Å²) in [5, 5.41) is 23.6. The Morgan fingerprint density at radius 3 is 2.52 bits per heavy atom. The molecule has 0 heterocycles.